The van der Waals surface area contributed by atoms with E-state index in [0.717, 1.165) is 4.90 Å². The molecule has 2 nitrogen and oxygen atoms in total. The van der Waals surface area contributed by atoms with Gasteiger partial charge in [-0.1, -0.05) is 35.0 Å². The molecule has 6 heteroatoms. The fourth-order valence-electron chi connectivity index (χ4n) is 1.03. The summed E-state index contributed by atoms with van der Waals surface area (Å²) >= 11 is 12.9. The van der Waals surface area contributed by atoms with E-state index in [-0.39, 0.29) is 0 Å². The number of hydrogen-bond donors (Lipinski definition) is 0. The maximum atomic E-state index is 12.8. The molecule has 0 amide bonds. The van der Waals surface area contributed by atoms with Gasteiger partial charge in [0.15, 0.2) is 0 Å². The van der Waals surface area contributed by atoms with Crippen LogP contribution in [0.25, 0.3) is 0 Å². The van der Waals surface area contributed by atoms with Crippen LogP contribution in [0.2, 0.25) is 10.0 Å². The van der Waals surface area contributed by atoms with Gasteiger partial charge in [0.25, 0.3) is 0 Å². The zero-order valence-electron chi connectivity index (χ0n) is 7.82. The van der Waals surface area contributed by atoms with E-state index in [1.54, 1.807) is 18.2 Å². The molecule has 0 aliphatic rings. The first kappa shape index (κ1) is 11.6. The second-order valence-electron chi connectivity index (χ2n) is 2.86. The van der Waals surface area contributed by atoms with Gasteiger partial charge in [-0.05, 0) is 18.2 Å². The summed E-state index contributed by atoms with van der Waals surface area (Å²) in [4.78, 5) is 8.14. The third-order valence-corrected chi connectivity index (χ3v) is 3.38. The Labute approximate surface area is 106 Å². The van der Waals surface area contributed by atoms with Crippen LogP contribution in [0.15, 0.2) is 40.5 Å². The van der Waals surface area contributed by atoms with Gasteiger partial charge in [-0.2, -0.15) is 4.39 Å². The van der Waals surface area contributed by atoms with E-state index in [0.29, 0.717) is 15.1 Å². The molecule has 1 aromatic carbocycles. The Kier molecular flexibility index (Phi) is 3.63. The molecule has 0 atom stereocenters. The zero-order valence-corrected chi connectivity index (χ0v) is 10.2. The number of hydrogen-bond acceptors (Lipinski definition) is 3. The van der Waals surface area contributed by atoms with Crippen LogP contribution in [0.4, 0.5) is 4.39 Å². The second kappa shape index (κ2) is 4.99. The van der Waals surface area contributed by atoms with Gasteiger partial charge >= 0.3 is 0 Å². The maximum absolute atomic E-state index is 12.8. The summed E-state index contributed by atoms with van der Waals surface area (Å²) in [6.07, 6.45) is 1.18. The fraction of sp³-hybridized carbons (Fsp3) is 0. The summed E-state index contributed by atoms with van der Waals surface area (Å²) < 4.78 is 12.8. The first-order valence-electron chi connectivity index (χ1n) is 4.25. The van der Waals surface area contributed by atoms with Gasteiger partial charge in [0.1, 0.15) is 11.4 Å². The van der Waals surface area contributed by atoms with Gasteiger partial charge in [0, 0.05) is 11.0 Å². The van der Waals surface area contributed by atoms with Crippen LogP contribution < -0.4 is 0 Å². The molecule has 0 saturated carbocycles. The Morgan fingerprint density at radius 2 is 1.88 bits per heavy atom. The SMILES string of the molecule is Fc1cc(Sc2ccc(Cl)c(Cl)c2)ncn1. The topological polar surface area (TPSA) is 25.8 Å². The second-order valence-corrected chi connectivity index (χ2v) is 4.77. The Balaban J connectivity index is 2.24. The van der Waals surface area contributed by atoms with Crippen LogP contribution in [0, 0.1) is 5.95 Å². The number of halogens is 3. The molecule has 2 rings (SSSR count). The number of aromatic nitrogens is 2. The lowest BCUT2D eigenvalue weighted by Crippen LogP contribution is -1.86. The Morgan fingerprint density at radius 1 is 1.06 bits per heavy atom. The quantitative estimate of drug-likeness (QED) is 0.772. The highest BCUT2D eigenvalue weighted by Crippen LogP contribution is 2.31. The normalized spacial score (nSPS) is 10.4. The predicted molar refractivity (Wildman–Crippen MR) is 62.6 cm³/mol. The van der Waals surface area contributed by atoms with E-state index in [2.05, 4.69) is 9.97 Å². The van der Waals surface area contributed by atoms with Crippen molar-refractivity contribution in [1.29, 1.82) is 0 Å². The predicted octanol–water partition coefficient (Wildman–Crippen LogP) is 4.07. The molecule has 1 heterocycles. The van der Waals surface area contributed by atoms with Gasteiger partial charge in [-0.15, -0.1) is 0 Å². The molecule has 0 unspecified atom stereocenters. The van der Waals surface area contributed by atoms with E-state index in [4.69, 9.17) is 23.2 Å². The highest BCUT2D eigenvalue weighted by molar-refractivity contribution is 7.99. The minimum absolute atomic E-state index is 0.459. The van der Waals surface area contributed by atoms with Crippen molar-refractivity contribution in [2.24, 2.45) is 0 Å². The van der Waals surface area contributed by atoms with Gasteiger partial charge < -0.3 is 0 Å². The molecule has 2 aromatic rings. The molecule has 0 radical (unpaired) electrons. The minimum atomic E-state index is -0.558. The molecule has 0 fully saturated rings. The monoisotopic (exact) mass is 274 g/mol. The highest BCUT2D eigenvalue weighted by atomic mass is 35.5. The van der Waals surface area contributed by atoms with Crippen LogP contribution in [-0.2, 0) is 0 Å². The van der Waals surface area contributed by atoms with Crippen molar-refractivity contribution in [2.45, 2.75) is 9.92 Å². The summed E-state index contributed by atoms with van der Waals surface area (Å²) in [5, 5.41) is 1.46. The van der Waals surface area contributed by atoms with Crippen molar-refractivity contribution >= 4 is 35.0 Å². The third-order valence-electron chi connectivity index (χ3n) is 1.72. The average molecular weight is 275 g/mol. The molecule has 0 saturated heterocycles. The van der Waals surface area contributed by atoms with Crippen LogP contribution in [0.3, 0.4) is 0 Å². The minimum Gasteiger partial charge on any atom is -0.229 e. The number of rotatable bonds is 2. The summed E-state index contributed by atoms with van der Waals surface area (Å²) in [6.45, 7) is 0. The molecule has 82 valence electrons. The van der Waals surface area contributed by atoms with Gasteiger partial charge in [0.05, 0.1) is 10.0 Å². The van der Waals surface area contributed by atoms with Crippen molar-refractivity contribution in [3.8, 4) is 0 Å². The molecular weight excluding hydrogens is 270 g/mol. The maximum Gasteiger partial charge on any atom is 0.217 e. The Hall–Kier alpha value is -0.840. The molecular formula is C10H5Cl2FN2S. The van der Waals surface area contributed by atoms with Crippen LogP contribution >= 0.6 is 35.0 Å². The molecule has 0 spiro atoms. The summed E-state index contributed by atoms with van der Waals surface area (Å²) in [6, 6.07) is 6.43. The third kappa shape index (κ3) is 2.84. The van der Waals surface area contributed by atoms with E-state index in [1.165, 1.54) is 24.2 Å². The van der Waals surface area contributed by atoms with Crippen molar-refractivity contribution < 1.29 is 4.39 Å². The molecule has 1 aromatic heterocycles. The summed E-state index contributed by atoms with van der Waals surface area (Å²) in [7, 11) is 0. The van der Waals surface area contributed by atoms with Gasteiger partial charge in [-0.25, -0.2) is 9.97 Å². The first-order valence-corrected chi connectivity index (χ1v) is 5.83. The Morgan fingerprint density at radius 3 is 2.56 bits per heavy atom. The van der Waals surface area contributed by atoms with E-state index in [1.807, 2.05) is 0 Å². The molecule has 0 bridgehead atoms. The van der Waals surface area contributed by atoms with Gasteiger partial charge in [-0.3, -0.25) is 0 Å². The lowest BCUT2D eigenvalue weighted by atomic mass is 10.4. The van der Waals surface area contributed by atoms with Crippen LogP contribution in [-0.4, -0.2) is 9.97 Å². The average Bonchev–Trinajstić information content (AvgIpc) is 2.24. The summed E-state index contributed by atoms with van der Waals surface area (Å²) in [5.74, 6) is -0.558. The van der Waals surface area contributed by atoms with E-state index >= 15 is 0 Å². The van der Waals surface area contributed by atoms with E-state index in [9.17, 15) is 4.39 Å². The standard InChI is InChI=1S/C10H5Cl2FN2S/c11-7-2-1-6(3-8(7)12)16-10-4-9(13)14-5-15-10/h1-5H. The molecule has 0 N–H and O–H groups in total. The van der Waals surface area contributed by atoms with Crippen molar-refractivity contribution in [3.63, 3.8) is 0 Å². The lowest BCUT2D eigenvalue weighted by molar-refractivity contribution is 0.572. The largest absolute Gasteiger partial charge is 0.229 e. The smallest absolute Gasteiger partial charge is 0.217 e. The zero-order chi connectivity index (χ0) is 11.5. The van der Waals surface area contributed by atoms with Crippen LogP contribution in [0.5, 0.6) is 0 Å². The van der Waals surface area contributed by atoms with E-state index < -0.39 is 5.95 Å². The van der Waals surface area contributed by atoms with Crippen molar-refractivity contribution in [3.05, 3.63) is 46.6 Å². The number of nitrogens with zero attached hydrogens (tertiary/aromatic N) is 2. The van der Waals surface area contributed by atoms with Crippen molar-refractivity contribution in [1.82, 2.24) is 9.97 Å². The highest BCUT2D eigenvalue weighted by Gasteiger charge is 2.03. The number of benzene rings is 1. The summed E-state index contributed by atoms with van der Waals surface area (Å²) in [5.41, 5.74) is 0. The van der Waals surface area contributed by atoms with Crippen molar-refractivity contribution in [2.75, 3.05) is 0 Å². The lowest BCUT2D eigenvalue weighted by Gasteiger charge is -2.02. The molecule has 0 aliphatic heterocycles. The first-order chi connectivity index (χ1) is 7.65. The Bertz CT molecular complexity index is 522. The van der Waals surface area contributed by atoms with Gasteiger partial charge in [0.2, 0.25) is 5.95 Å². The van der Waals surface area contributed by atoms with Crippen LogP contribution in [0.1, 0.15) is 0 Å². The molecule has 16 heavy (non-hydrogen) atoms. The fourth-order valence-corrected chi connectivity index (χ4v) is 2.21. The molecule has 0 aliphatic carbocycles.